The van der Waals surface area contributed by atoms with E-state index < -0.39 is 11.7 Å². The van der Waals surface area contributed by atoms with Crippen LogP contribution in [0.25, 0.3) is 11.6 Å². The van der Waals surface area contributed by atoms with Crippen LogP contribution < -0.4 is 5.32 Å². The van der Waals surface area contributed by atoms with Crippen LogP contribution in [0.2, 0.25) is 5.02 Å². The van der Waals surface area contributed by atoms with Crippen molar-refractivity contribution in [2.24, 2.45) is 5.92 Å². The van der Waals surface area contributed by atoms with Crippen LogP contribution in [-0.2, 0) is 9.59 Å². The Morgan fingerprint density at radius 3 is 2.24 bits per heavy atom. The Morgan fingerprint density at radius 1 is 1.10 bits per heavy atom. The Bertz CT molecular complexity index is 820. The number of rotatable bonds is 7. The summed E-state index contributed by atoms with van der Waals surface area (Å²) in [5.41, 5.74) is 1.55. The predicted octanol–water partition coefficient (Wildman–Crippen LogP) is 6.08. The number of imide groups is 1. The zero-order valence-electron chi connectivity index (χ0n) is 17.2. The molecule has 0 radical (unpaired) electrons. The van der Waals surface area contributed by atoms with Crippen molar-refractivity contribution >= 4 is 46.8 Å². The van der Waals surface area contributed by atoms with E-state index in [1.807, 2.05) is 20.8 Å². The van der Waals surface area contributed by atoms with Crippen LogP contribution in [0.3, 0.4) is 0 Å². The van der Waals surface area contributed by atoms with Crippen LogP contribution in [0.15, 0.2) is 48.5 Å². The minimum Gasteiger partial charge on any atom is -0.292 e. The molecule has 6 heteroatoms. The monoisotopic (exact) mass is 435 g/mol. The van der Waals surface area contributed by atoms with Gasteiger partial charge in [0.2, 0.25) is 5.91 Å². The van der Waals surface area contributed by atoms with Gasteiger partial charge in [0.1, 0.15) is 5.82 Å². The lowest BCUT2D eigenvalue weighted by Crippen LogP contribution is -2.36. The van der Waals surface area contributed by atoms with E-state index in [4.69, 9.17) is 11.6 Å². The first-order chi connectivity index (χ1) is 13.9. The van der Waals surface area contributed by atoms with Crippen molar-refractivity contribution in [2.75, 3.05) is 11.5 Å². The SMILES string of the molecule is CC.CCSCC(C)C(=O)NC(=O)/C(=C/c1ccc(Cl)cc1)c1ccc(F)cc1. The molecule has 1 N–H and O–H groups in total. The molecular weight excluding hydrogens is 409 g/mol. The fourth-order valence-electron chi connectivity index (χ4n) is 2.31. The van der Waals surface area contributed by atoms with Gasteiger partial charge in [-0.25, -0.2) is 4.39 Å². The van der Waals surface area contributed by atoms with E-state index in [0.717, 1.165) is 11.3 Å². The Balaban J connectivity index is 0.00000204. The van der Waals surface area contributed by atoms with Crippen molar-refractivity contribution in [1.82, 2.24) is 5.32 Å². The average Bonchev–Trinajstić information content (AvgIpc) is 2.73. The first kappa shape index (κ1) is 24.9. The maximum Gasteiger partial charge on any atom is 0.258 e. The molecule has 2 aromatic carbocycles. The van der Waals surface area contributed by atoms with E-state index in [1.165, 1.54) is 24.3 Å². The minimum absolute atomic E-state index is 0.279. The summed E-state index contributed by atoms with van der Waals surface area (Å²) < 4.78 is 13.3. The topological polar surface area (TPSA) is 46.2 Å². The van der Waals surface area contributed by atoms with Gasteiger partial charge in [-0.3, -0.25) is 14.9 Å². The third kappa shape index (κ3) is 8.42. The van der Waals surface area contributed by atoms with Gasteiger partial charge in [-0.2, -0.15) is 11.8 Å². The number of benzene rings is 2. The molecule has 0 fully saturated rings. The molecule has 0 heterocycles. The van der Waals surface area contributed by atoms with Crippen molar-refractivity contribution in [3.63, 3.8) is 0 Å². The van der Waals surface area contributed by atoms with Gasteiger partial charge in [0.05, 0.1) is 0 Å². The molecule has 1 atom stereocenters. The maximum atomic E-state index is 13.3. The largest absolute Gasteiger partial charge is 0.292 e. The second kappa shape index (κ2) is 13.2. The van der Waals surface area contributed by atoms with E-state index in [2.05, 4.69) is 5.32 Å². The first-order valence-corrected chi connectivity index (χ1v) is 11.1. The van der Waals surface area contributed by atoms with Crippen molar-refractivity contribution in [3.05, 3.63) is 70.5 Å². The summed E-state index contributed by atoms with van der Waals surface area (Å²) in [5.74, 6) is 0.0146. The molecule has 0 aromatic heterocycles. The molecule has 1 unspecified atom stereocenters. The molecular formula is C23H27ClFNO2S. The zero-order valence-corrected chi connectivity index (χ0v) is 18.7. The van der Waals surface area contributed by atoms with Crippen LogP contribution in [0.5, 0.6) is 0 Å². The van der Waals surface area contributed by atoms with Crippen molar-refractivity contribution in [3.8, 4) is 0 Å². The van der Waals surface area contributed by atoms with E-state index in [9.17, 15) is 14.0 Å². The molecule has 0 aliphatic heterocycles. The molecule has 0 bridgehead atoms. The van der Waals surface area contributed by atoms with Crippen molar-refractivity contribution in [1.29, 1.82) is 0 Å². The van der Waals surface area contributed by atoms with Gasteiger partial charge < -0.3 is 0 Å². The molecule has 2 rings (SSSR count). The number of hydrogen-bond donors (Lipinski definition) is 1. The zero-order chi connectivity index (χ0) is 21.8. The normalized spacial score (nSPS) is 11.9. The highest BCUT2D eigenvalue weighted by atomic mass is 35.5. The van der Waals surface area contributed by atoms with Gasteiger partial charge in [-0.05, 0) is 47.2 Å². The number of carbonyl (C=O) groups is 2. The van der Waals surface area contributed by atoms with Crippen LogP contribution in [0, 0.1) is 11.7 Å². The van der Waals surface area contributed by atoms with Crippen LogP contribution >= 0.6 is 23.4 Å². The number of thioether (sulfide) groups is 1. The van der Waals surface area contributed by atoms with Crippen LogP contribution in [0.4, 0.5) is 4.39 Å². The highest BCUT2D eigenvalue weighted by Crippen LogP contribution is 2.21. The molecule has 3 nitrogen and oxygen atoms in total. The number of amides is 2. The summed E-state index contributed by atoms with van der Waals surface area (Å²) >= 11 is 7.54. The van der Waals surface area contributed by atoms with Gasteiger partial charge >= 0.3 is 0 Å². The minimum atomic E-state index is -0.519. The highest BCUT2D eigenvalue weighted by Gasteiger charge is 2.19. The van der Waals surface area contributed by atoms with Gasteiger partial charge in [0.25, 0.3) is 5.91 Å². The molecule has 0 aliphatic rings. The molecule has 29 heavy (non-hydrogen) atoms. The van der Waals surface area contributed by atoms with Gasteiger partial charge in [0.15, 0.2) is 0 Å². The third-order valence-electron chi connectivity index (χ3n) is 3.84. The summed E-state index contributed by atoms with van der Waals surface area (Å²) in [6, 6.07) is 12.5. The van der Waals surface area contributed by atoms with Crippen LogP contribution in [-0.4, -0.2) is 23.3 Å². The van der Waals surface area contributed by atoms with E-state index in [1.54, 1.807) is 49.0 Å². The Morgan fingerprint density at radius 2 is 1.69 bits per heavy atom. The highest BCUT2D eigenvalue weighted by molar-refractivity contribution is 7.99. The fourth-order valence-corrected chi connectivity index (χ4v) is 3.17. The molecule has 0 saturated carbocycles. The first-order valence-electron chi connectivity index (χ1n) is 9.57. The molecule has 156 valence electrons. The number of hydrogen-bond acceptors (Lipinski definition) is 3. The number of carbonyl (C=O) groups excluding carboxylic acids is 2. The van der Waals surface area contributed by atoms with E-state index in [0.29, 0.717) is 16.3 Å². The summed E-state index contributed by atoms with van der Waals surface area (Å²) in [5, 5.41) is 3.04. The van der Waals surface area contributed by atoms with Crippen molar-refractivity contribution in [2.45, 2.75) is 27.7 Å². The second-order valence-corrected chi connectivity index (χ2v) is 7.75. The summed E-state index contributed by atoms with van der Waals surface area (Å²) in [6.45, 7) is 7.80. The van der Waals surface area contributed by atoms with Crippen molar-refractivity contribution < 1.29 is 14.0 Å². The second-order valence-electron chi connectivity index (χ2n) is 6.00. The quantitative estimate of drug-likeness (QED) is 0.423. The predicted molar refractivity (Wildman–Crippen MR) is 122 cm³/mol. The van der Waals surface area contributed by atoms with Gasteiger partial charge in [0, 0.05) is 22.3 Å². The Kier molecular flexibility index (Phi) is 11.3. The molecule has 0 saturated heterocycles. The van der Waals surface area contributed by atoms with Crippen LogP contribution in [0.1, 0.15) is 38.8 Å². The average molecular weight is 436 g/mol. The Hall–Kier alpha value is -2.11. The lowest BCUT2D eigenvalue weighted by molar-refractivity contribution is -0.129. The Labute approximate surface area is 181 Å². The number of nitrogens with one attached hydrogen (secondary N) is 1. The maximum absolute atomic E-state index is 13.3. The molecule has 0 spiro atoms. The standard InChI is InChI=1S/C21H21ClFNO2S.C2H6/c1-3-27-13-14(2)20(25)24-21(26)19(16-6-10-18(23)11-7-16)12-15-4-8-17(22)9-5-15;1-2/h4-12,14H,3,13H2,1-2H3,(H,24,25,26);1-2H3/b19-12+;. The molecule has 2 aromatic rings. The molecule has 0 aliphatic carbocycles. The van der Waals surface area contributed by atoms with E-state index >= 15 is 0 Å². The lowest BCUT2D eigenvalue weighted by Gasteiger charge is -2.13. The third-order valence-corrected chi connectivity index (χ3v) is 5.23. The summed E-state index contributed by atoms with van der Waals surface area (Å²) in [7, 11) is 0. The lowest BCUT2D eigenvalue weighted by atomic mass is 10.0. The van der Waals surface area contributed by atoms with Gasteiger partial charge in [-0.15, -0.1) is 0 Å². The number of halogens is 2. The smallest absolute Gasteiger partial charge is 0.258 e. The molecule has 2 amide bonds. The van der Waals surface area contributed by atoms with E-state index in [-0.39, 0.29) is 17.4 Å². The summed E-state index contributed by atoms with van der Waals surface area (Å²) in [6.07, 6.45) is 1.65. The fraction of sp³-hybridized carbons (Fsp3) is 0.304. The summed E-state index contributed by atoms with van der Waals surface area (Å²) in [4.78, 5) is 25.1. The van der Waals surface area contributed by atoms with Gasteiger partial charge in [-0.1, -0.05) is 63.6 Å².